The quantitative estimate of drug-likeness (QED) is 0.829. The first-order valence-electron chi connectivity index (χ1n) is 7.85. The number of hydrogen-bond donors (Lipinski definition) is 1. The first-order chi connectivity index (χ1) is 9.77. The average Bonchev–Trinajstić information content (AvgIpc) is 3.02. The van der Waals surface area contributed by atoms with Crippen molar-refractivity contribution in [1.29, 1.82) is 0 Å². The molecule has 0 saturated carbocycles. The lowest BCUT2D eigenvalue weighted by Gasteiger charge is -2.38. The van der Waals surface area contributed by atoms with Crippen LogP contribution in [0.25, 0.3) is 0 Å². The van der Waals surface area contributed by atoms with Crippen molar-refractivity contribution in [3.63, 3.8) is 0 Å². The molecule has 2 rings (SSSR count). The summed E-state index contributed by atoms with van der Waals surface area (Å²) in [5, 5.41) is 3.67. The highest BCUT2D eigenvalue weighted by Crippen LogP contribution is 2.26. The Labute approximate surface area is 123 Å². The maximum absolute atomic E-state index is 5.56. The summed E-state index contributed by atoms with van der Waals surface area (Å²) in [6.45, 7) is 7.24. The third-order valence-electron chi connectivity index (χ3n) is 4.39. The number of benzene rings is 1. The number of likely N-dealkylation sites (N-methyl/N-ethyl adjacent to an activating group) is 2. The van der Waals surface area contributed by atoms with E-state index in [1.807, 2.05) is 0 Å². The molecule has 0 spiro atoms. The van der Waals surface area contributed by atoms with Crippen LogP contribution in [-0.2, 0) is 4.74 Å². The summed E-state index contributed by atoms with van der Waals surface area (Å²) in [7, 11) is 2.25. The molecule has 1 saturated heterocycles. The standard InChI is InChI=1S/C17H28N2O/c1-4-16(19(3)15-11-12-20-13-15)17(18-5-2)14-9-7-6-8-10-14/h6-10,15-18H,4-5,11-13H2,1-3H3. The van der Waals surface area contributed by atoms with E-state index in [-0.39, 0.29) is 0 Å². The van der Waals surface area contributed by atoms with E-state index in [0.29, 0.717) is 18.1 Å². The van der Waals surface area contributed by atoms with Gasteiger partial charge in [0, 0.05) is 24.7 Å². The van der Waals surface area contributed by atoms with Crippen LogP contribution in [0.4, 0.5) is 0 Å². The molecule has 0 bridgehead atoms. The van der Waals surface area contributed by atoms with Crippen LogP contribution < -0.4 is 5.32 Å². The first-order valence-corrected chi connectivity index (χ1v) is 7.85. The molecule has 0 aromatic heterocycles. The minimum absolute atomic E-state index is 0.386. The molecule has 1 N–H and O–H groups in total. The molecular formula is C17H28N2O. The second kappa shape index (κ2) is 7.77. The van der Waals surface area contributed by atoms with Gasteiger partial charge in [-0.25, -0.2) is 0 Å². The van der Waals surface area contributed by atoms with Crippen LogP contribution in [0.5, 0.6) is 0 Å². The molecule has 0 radical (unpaired) electrons. The van der Waals surface area contributed by atoms with Crippen molar-refractivity contribution in [1.82, 2.24) is 10.2 Å². The summed E-state index contributed by atoms with van der Waals surface area (Å²) < 4.78 is 5.56. The second-order valence-corrected chi connectivity index (χ2v) is 5.60. The van der Waals surface area contributed by atoms with Crippen LogP contribution in [-0.4, -0.2) is 43.8 Å². The summed E-state index contributed by atoms with van der Waals surface area (Å²) in [6.07, 6.45) is 2.29. The van der Waals surface area contributed by atoms with Crippen LogP contribution >= 0.6 is 0 Å². The van der Waals surface area contributed by atoms with Crippen LogP contribution in [0, 0.1) is 0 Å². The second-order valence-electron chi connectivity index (χ2n) is 5.60. The van der Waals surface area contributed by atoms with E-state index in [9.17, 15) is 0 Å². The predicted molar refractivity (Wildman–Crippen MR) is 83.9 cm³/mol. The SMILES string of the molecule is CCNC(c1ccccc1)C(CC)N(C)C1CCOC1. The van der Waals surface area contributed by atoms with Crippen molar-refractivity contribution in [2.24, 2.45) is 0 Å². The lowest BCUT2D eigenvalue weighted by molar-refractivity contribution is 0.110. The summed E-state index contributed by atoms with van der Waals surface area (Å²) in [4.78, 5) is 2.52. The van der Waals surface area contributed by atoms with E-state index in [0.717, 1.165) is 32.6 Å². The first kappa shape index (κ1) is 15.5. The fraction of sp³-hybridized carbons (Fsp3) is 0.647. The molecular weight excluding hydrogens is 248 g/mol. The highest BCUT2D eigenvalue weighted by molar-refractivity contribution is 5.21. The third kappa shape index (κ3) is 3.60. The van der Waals surface area contributed by atoms with Gasteiger partial charge in [0.25, 0.3) is 0 Å². The third-order valence-corrected chi connectivity index (χ3v) is 4.39. The van der Waals surface area contributed by atoms with E-state index in [1.165, 1.54) is 5.56 Å². The van der Waals surface area contributed by atoms with E-state index in [2.05, 4.69) is 61.4 Å². The zero-order chi connectivity index (χ0) is 14.4. The van der Waals surface area contributed by atoms with Crippen LogP contribution in [0.3, 0.4) is 0 Å². The summed E-state index contributed by atoms with van der Waals surface area (Å²) in [5.41, 5.74) is 1.38. The van der Waals surface area contributed by atoms with Crippen molar-refractivity contribution in [2.75, 3.05) is 26.8 Å². The van der Waals surface area contributed by atoms with Gasteiger partial charge in [0.2, 0.25) is 0 Å². The Morgan fingerprint density at radius 1 is 1.30 bits per heavy atom. The number of nitrogens with one attached hydrogen (secondary N) is 1. The molecule has 3 heteroatoms. The van der Waals surface area contributed by atoms with Crippen molar-refractivity contribution in [3.8, 4) is 0 Å². The summed E-state index contributed by atoms with van der Waals surface area (Å²) in [6, 6.07) is 12.3. The van der Waals surface area contributed by atoms with Crippen molar-refractivity contribution < 1.29 is 4.74 Å². The molecule has 3 atom stereocenters. The van der Waals surface area contributed by atoms with Crippen LogP contribution in [0.15, 0.2) is 30.3 Å². The fourth-order valence-corrected chi connectivity index (χ4v) is 3.23. The molecule has 112 valence electrons. The van der Waals surface area contributed by atoms with Crippen molar-refractivity contribution in [3.05, 3.63) is 35.9 Å². The van der Waals surface area contributed by atoms with Gasteiger partial charge in [0.15, 0.2) is 0 Å². The molecule has 1 aromatic carbocycles. The highest BCUT2D eigenvalue weighted by atomic mass is 16.5. The molecule has 0 aliphatic carbocycles. The topological polar surface area (TPSA) is 24.5 Å². The van der Waals surface area contributed by atoms with E-state index in [4.69, 9.17) is 4.74 Å². The lowest BCUT2D eigenvalue weighted by Crippen LogP contribution is -2.47. The van der Waals surface area contributed by atoms with Crippen LogP contribution in [0.1, 0.15) is 38.3 Å². The maximum atomic E-state index is 5.56. The van der Waals surface area contributed by atoms with Crippen LogP contribution in [0.2, 0.25) is 0 Å². The zero-order valence-electron chi connectivity index (χ0n) is 13.0. The summed E-state index contributed by atoms with van der Waals surface area (Å²) in [5.74, 6) is 0. The molecule has 3 unspecified atom stereocenters. The minimum Gasteiger partial charge on any atom is -0.380 e. The van der Waals surface area contributed by atoms with Gasteiger partial charge in [-0.3, -0.25) is 4.90 Å². The van der Waals surface area contributed by atoms with Gasteiger partial charge in [-0.1, -0.05) is 44.2 Å². The van der Waals surface area contributed by atoms with Gasteiger partial charge >= 0.3 is 0 Å². The molecule has 1 aliphatic heterocycles. The Morgan fingerprint density at radius 2 is 2.05 bits per heavy atom. The smallest absolute Gasteiger partial charge is 0.0622 e. The highest BCUT2D eigenvalue weighted by Gasteiger charge is 2.30. The van der Waals surface area contributed by atoms with Crippen molar-refractivity contribution >= 4 is 0 Å². The largest absolute Gasteiger partial charge is 0.380 e. The Hall–Kier alpha value is -0.900. The monoisotopic (exact) mass is 276 g/mol. The van der Waals surface area contributed by atoms with Gasteiger partial charge in [0.05, 0.1) is 6.61 Å². The Morgan fingerprint density at radius 3 is 2.60 bits per heavy atom. The predicted octanol–water partition coefficient (Wildman–Crippen LogP) is 2.84. The number of ether oxygens (including phenoxy) is 1. The fourth-order valence-electron chi connectivity index (χ4n) is 3.23. The summed E-state index contributed by atoms with van der Waals surface area (Å²) >= 11 is 0. The van der Waals surface area contributed by atoms with Crippen molar-refractivity contribution in [2.45, 2.75) is 44.8 Å². The normalized spacial score (nSPS) is 22.1. The average molecular weight is 276 g/mol. The molecule has 1 aromatic rings. The lowest BCUT2D eigenvalue weighted by atomic mass is 9.95. The Bertz CT molecular complexity index is 376. The molecule has 20 heavy (non-hydrogen) atoms. The molecule has 1 aliphatic rings. The Balaban J connectivity index is 2.16. The molecule has 0 amide bonds. The van der Waals surface area contributed by atoms with E-state index < -0.39 is 0 Å². The Kier molecular flexibility index (Phi) is 6.02. The number of hydrogen-bond acceptors (Lipinski definition) is 3. The number of rotatable bonds is 7. The molecule has 1 heterocycles. The molecule has 1 fully saturated rings. The number of nitrogens with zero attached hydrogens (tertiary/aromatic N) is 1. The molecule has 3 nitrogen and oxygen atoms in total. The van der Waals surface area contributed by atoms with Gasteiger partial charge in [-0.15, -0.1) is 0 Å². The maximum Gasteiger partial charge on any atom is 0.0622 e. The minimum atomic E-state index is 0.386. The zero-order valence-corrected chi connectivity index (χ0v) is 13.0. The van der Waals surface area contributed by atoms with Gasteiger partial charge in [0.1, 0.15) is 0 Å². The van der Waals surface area contributed by atoms with Gasteiger partial charge in [-0.05, 0) is 32.0 Å². The van der Waals surface area contributed by atoms with E-state index in [1.54, 1.807) is 0 Å². The van der Waals surface area contributed by atoms with E-state index >= 15 is 0 Å². The van der Waals surface area contributed by atoms with Gasteiger partial charge < -0.3 is 10.1 Å². The van der Waals surface area contributed by atoms with Gasteiger partial charge in [-0.2, -0.15) is 0 Å².